The van der Waals surface area contributed by atoms with Crippen LogP contribution in [-0.4, -0.2) is 25.3 Å². The minimum absolute atomic E-state index is 0.209. The van der Waals surface area contributed by atoms with Crippen LogP contribution in [0.3, 0.4) is 0 Å². The molecule has 1 aliphatic carbocycles. The SMILES string of the molecule is CCCCCCCCCC12SC1(O)C=CC1SC12. The van der Waals surface area contributed by atoms with Gasteiger partial charge in [0, 0.05) is 10.5 Å². The van der Waals surface area contributed by atoms with E-state index in [-0.39, 0.29) is 4.75 Å². The lowest BCUT2D eigenvalue weighted by Gasteiger charge is -2.18. The fraction of sp³-hybridized carbons (Fsp3) is 0.867. The van der Waals surface area contributed by atoms with E-state index in [0.29, 0.717) is 0 Å². The van der Waals surface area contributed by atoms with Crippen molar-refractivity contribution < 1.29 is 5.11 Å². The van der Waals surface area contributed by atoms with Gasteiger partial charge in [-0.15, -0.1) is 23.5 Å². The predicted octanol–water partition coefficient (Wildman–Crippen LogP) is 4.36. The van der Waals surface area contributed by atoms with Crippen molar-refractivity contribution >= 4 is 23.5 Å². The van der Waals surface area contributed by atoms with Crippen LogP contribution < -0.4 is 0 Å². The number of hydrogen-bond donors (Lipinski definition) is 1. The maximum atomic E-state index is 10.4. The van der Waals surface area contributed by atoms with Crippen LogP contribution in [0, 0.1) is 0 Å². The van der Waals surface area contributed by atoms with E-state index in [0.717, 1.165) is 10.5 Å². The molecule has 3 heteroatoms. The summed E-state index contributed by atoms with van der Waals surface area (Å²) in [5.41, 5.74) is 0. The van der Waals surface area contributed by atoms with Gasteiger partial charge in [-0.3, -0.25) is 0 Å². The third-order valence-corrected chi connectivity index (χ3v) is 7.86. The molecule has 2 saturated heterocycles. The van der Waals surface area contributed by atoms with Gasteiger partial charge >= 0.3 is 0 Å². The molecule has 2 fully saturated rings. The minimum atomic E-state index is -0.486. The second kappa shape index (κ2) is 5.06. The van der Waals surface area contributed by atoms with E-state index in [9.17, 15) is 5.11 Å². The van der Waals surface area contributed by atoms with E-state index in [1.165, 1.54) is 51.4 Å². The molecule has 2 aliphatic heterocycles. The lowest BCUT2D eigenvalue weighted by atomic mass is 9.87. The van der Waals surface area contributed by atoms with Gasteiger partial charge in [0.2, 0.25) is 0 Å². The van der Waals surface area contributed by atoms with Crippen LogP contribution in [0.2, 0.25) is 0 Å². The second-order valence-corrected chi connectivity index (χ2v) is 8.82. The average molecular weight is 284 g/mol. The molecule has 0 spiro atoms. The molecule has 3 aliphatic rings. The van der Waals surface area contributed by atoms with Crippen molar-refractivity contribution in [1.82, 2.24) is 0 Å². The van der Waals surface area contributed by atoms with Crippen molar-refractivity contribution in [2.45, 2.75) is 78.5 Å². The molecule has 1 N–H and O–H groups in total. The Balaban J connectivity index is 1.36. The maximum absolute atomic E-state index is 10.4. The highest BCUT2D eigenvalue weighted by Gasteiger charge is 2.77. The molecule has 0 aromatic rings. The Labute approximate surface area is 119 Å². The smallest absolute Gasteiger partial charge is 0.145 e. The highest BCUT2D eigenvalue weighted by Crippen LogP contribution is 2.77. The molecule has 0 aromatic carbocycles. The zero-order valence-electron chi connectivity index (χ0n) is 11.2. The first-order valence-electron chi connectivity index (χ1n) is 7.49. The molecule has 1 nitrogen and oxygen atoms in total. The summed E-state index contributed by atoms with van der Waals surface area (Å²) in [6.07, 6.45) is 15.1. The molecule has 0 amide bonds. The fourth-order valence-electron chi connectivity index (χ4n) is 3.28. The molecule has 0 bridgehead atoms. The number of aliphatic hydroxyl groups is 1. The number of hydrogen-bond acceptors (Lipinski definition) is 3. The fourth-order valence-corrected chi connectivity index (χ4v) is 6.46. The van der Waals surface area contributed by atoms with E-state index < -0.39 is 4.93 Å². The molecular weight excluding hydrogens is 260 g/mol. The number of thioether (sulfide) groups is 2. The molecule has 18 heavy (non-hydrogen) atoms. The van der Waals surface area contributed by atoms with E-state index in [1.54, 1.807) is 0 Å². The monoisotopic (exact) mass is 284 g/mol. The van der Waals surface area contributed by atoms with Crippen molar-refractivity contribution in [3.05, 3.63) is 12.2 Å². The summed E-state index contributed by atoms with van der Waals surface area (Å²) in [6, 6.07) is 0. The summed E-state index contributed by atoms with van der Waals surface area (Å²) in [5, 5.41) is 11.9. The van der Waals surface area contributed by atoms with E-state index in [1.807, 2.05) is 11.8 Å². The van der Waals surface area contributed by atoms with Crippen LogP contribution in [-0.2, 0) is 0 Å². The van der Waals surface area contributed by atoms with Crippen LogP contribution >= 0.6 is 23.5 Å². The third-order valence-electron chi connectivity index (χ3n) is 4.55. The van der Waals surface area contributed by atoms with Crippen molar-refractivity contribution in [1.29, 1.82) is 0 Å². The zero-order valence-corrected chi connectivity index (χ0v) is 12.9. The van der Waals surface area contributed by atoms with Gasteiger partial charge in [0.15, 0.2) is 0 Å². The van der Waals surface area contributed by atoms with Gasteiger partial charge in [-0.1, -0.05) is 57.9 Å². The standard InChI is InChI=1S/C15H24OS2/c1-2-3-4-5-6-7-8-10-14-13-12(17-13)9-11-15(14,16)18-14/h9,11-13,16H,2-8,10H2,1H3. The Morgan fingerprint density at radius 2 is 1.83 bits per heavy atom. The van der Waals surface area contributed by atoms with Gasteiger partial charge in [0.05, 0.1) is 4.75 Å². The summed E-state index contributed by atoms with van der Waals surface area (Å²) in [7, 11) is 0. The van der Waals surface area contributed by atoms with Crippen LogP contribution in [0.25, 0.3) is 0 Å². The lowest BCUT2D eigenvalue weighted by Crippen LogP contribution is -2.33. The largest absolute Gasteiger partial charge is 0.374 e. The first kappa shape index (κ1) is 13.4. The van der Waals surface area contributed by atoms with E-state index in [4.69, 9.17) is 0 Å². The van der Waals surface area contributed by atoms with Crippen molar-refractivity contribution in [2.24, 2.45) is 0 Å². The first-order valence-corrected chi connectivity index (χ1v) is 9.25. The molecule has 0 radical (unpaired) electrons. The highest BCUT2D eigenvalue weighted by molar-refractivity contribution is 8.14. The molecule has 4 atom stereocenters. The lowest BCUT2D eigenvalue weighted by molar-refractivity contribution is 0.176. The summed E-state index contributed by atoms with van der Waals surface area (Å²) < 4.78 is 0.209. The van der Waals surface area contributed by atoms with Crippen LogP contribution in [0.5, 0.6) is 0 Å². The molecular formula is C15H24OS2. The number of rotatable bonds is 8. The Kier molecular flexibility index (Phi) is 3.77. The Morgan fingerprint density at radius 1 is 1.11 bits per heavy atom. The maximum Gasteiger partial charge on any atom is 0.145 e. The van der Waals surface area contributed by atoms with Gasteiger partial charge < -0.3 is 5.11 Å². The van der Waals surface area contributed by atoms with Crippen molar-refractivity contribution in [3.8, 4) is 0 Å². The Bertz CT molecular complexity index is 343. The van der Waals surface area contributed by atoms with E-state index >= 15 is 0 Å². The molecule has 2 heterocycles. The summed E-state index contributed by atoms with van der Waals surface area (Å²) in [6.45, 7) is 2.27. The Hall–Kier alpha value is 0.400. The van der Waals surface area contributed by atoms with Crippen LogP contribution in [0.15, 0.2) is 12.2 Å². The van der Waals surface area contributed by atoms with Gasteiger partial charge in [-0.2, -0.15) is 0 Å². The predicted molar refractivity (Wildman–Crippen MR) is 82.2 cm³/mol. The minimum Gasteiger partial charge on any atom is -0.374 e. The molecule has 4 unspecified atom stereocenters. The number of fused-ring (bicyclic) bond motifs is 3. The normalized spacial score (nSPS) is 43.4. The molecule has 0 aromatic heterocycles. The van der Waals surface area contributed by atoms with Crippen molar-refractivity contribution in [2.75, 3.05) is 0 Å². The Morgan fingerprint density at radius 3 is 2.61 bits per heavy atom. The van der Waals surface area contributed by atoms with Gasteiger partial charge in [-0.25, -0.2) is 0 Å². The third kappa shape index (κ3) is 2.27. The number of unbranched alkanes of at least 4 members (excludes halogenated alkanes) is 6. The molecule has 0 saturated carbocycles. The summed E-state index contributed by atoms with van der Waals surface area (Å²) in [5.74, 6) is 0. The van der Waals surface area contributed by atoms with Gasteiger partial charge in [0.1, 0.15) is 4.93 Å². The molecule has 3 rings (SSSR count). The highest BCUT2D eigenvalue weighted by atomic mass is 32.2. The second-order valence-electron chi connectivity index (χ2n) is 5.94. The molecule has 102 valence electrons. The van der Waals surface area contributed by atoms with Gasteiger partial charge in [0.25, 0.3) is 0 Å². The average Bonchev–Trinajstić information content (AvgIpc) is 3.21. The van der Waals surface area contributed by atoms with Crippen LogP contribution in [0.1, 0.15) is 58.3 Å². The quantitative estimate of drug-likeness (QED) is 0.406. The zero-order chi connectivity index (χ0) is 12.6. The van der Waals surface area contributed by atoms with Crippen molar-refractivity contribution in [3.63, 3.8) is 0 Å². The van der Waals surface area contributed by atoms with E-state index in [2.05, 4.69) is 30.8 Å². The summed E-state index contributed by atoms with van der Waals surface area (Å²) in [4.78, 5) is -0.486. The van der Waals surface area contributed by atoms with Gasteiger partial charge in [-0.05, 0) is 12.5 Å². The van der Waals surface area contributed by atoms with Crippen LogP contribution in [0.4, 0.5) is 0 Å². The summed E-state index contributed by atoms with van der Waals surface area (Å²) >= 11 is 3.87. The first-order chi connectivity index (χ1) is 8.72. The topological polar surface area (TPSA) is 20.2 Å².